The summed E-state index contributed by atoms with van der Waals surface area (Å²) in [5.74, 6) is -1.48. The van der Waals surface area contributed by atoms with Gasteiger partial charge in [0.2, 0.25) is 10.0 Å². The van der Waals surface area contributed by atoms with Gasteiger partial charge in [0.25, 0.3) is 5.91 Å². The number of hydrogen-bond acceptors (Lipinski definition) is 6. The van der Waals surface area contributed by atoms with Crippen LogP contribution in [0.4, 0.5) is 18.0 Å². The monoisotopic (exact) mass is 561 g/mol. The second-order valence-electron chi connectivity index (χ2n) is 8.57. The zero-order valence-corrected chi connectivity index (χ0v) is 21.8. The Morgan fingerprint density at radius 1 is 1.22 bits per heavy atom. The number of sulfonamides is 1. The van der Waals surface area contributed by atoms with Crippen LogP contribution in [0.3, 0.4) is 0 Å². The Balaban J connectivity index is 1.88. The molecule has 0 saturated carbocycles. The van der Waals surface area contributed by atoms with Gasteiger partial charge in [-0.25, -0.2) is 17.5 Å². The molecule has 1 saturated heterocycles. The summed E-state index contributed by atoms with van der Waals surface area (Å²) in [6, 6.07) is 9.02. The van der Waals surface area contributed by atoms with Crippen LogP contribution in [0.1, 0.15) is 40.4 Å². The predicted octanol–water partition coefficient (Wildman–Crippen LogP) is 4.28. The molecule has 1 heterocycles. The van der Waals surface area contributed by atoms with Crippen LogP contribution in [0, 0.1) is 0 Å². The van der Waals surface area contributed by atoms with E-state index in [9.17, 15) is 31.2 Å². The van der Waals surface area contributed by atoms with E-state index in [2.05, 4.69) is 10.1 Å². The standard InChI is InChI=1S/C24H27ClF3N3O5S/c1-3-37(34,35)31(13-16-5-4-6-19(25)11-16)22(32)17-7-8-18(21(12-17)24(26,27)28)14-30-10-9-20(15-30)29-23(33)36-2/h4-8,11-12,20H,3,9-10,13-15H2,1-2H3,(H,29,33). The molecule has 2 aromatic carbocycles. The first-order valence-corrected chi connectivity index (χ1v) is 13.4. The molecule has 3 rings (SSSR count). The second kappa shape index (κ2) is 11.7. The molecule has 1 aliphatic heterocycles. The number of amides is 2. The molecule has 0 aliphatic carbocycles. The van der Waals surface area contributed by atoms with E-state index in [0.29, 0.717) is 40.5 Å². The minimum Gasteiger partial charge on any atom is -0.453 e. The van der Waals surface area contributed by atoms with Crippen LogP contribution in [0.5, 0.6) is 0 Å². The van der Waals surface area contributed by atoms with Gasteiger partial charge in [0.15, 0.2) is 0 Å². The topological polar surface area (TPSA) is 96.0 Å². The van der Waals surface area contributed by atoms with Gasteiger partial charge in [-0.1, -0.05) is 29.8 Å². The van der Waals surface area contributed by atoms with E-state index < -0.39 is 45.1 Å². The van der Waals surface area contributed by atoms with E-state index in [0.717, 1.165) is 0 Å². The van der Waals surface area contributed by atoms with Gasteiger partial charge in [0.1, 0.15) is 0 Å². The molecule has 1 N–H and O–H groups in total. The maximum atomic E-state index is 14.0. The third-order valence-electron chi connectivity index (χ3n) is 5.98. The number of nitrogens with zero attached hydrogens (tertiary/aromatic N) is 2. The molecule has 37 heavy (non-hydrogen) atoms. The molecule has 2 amide bonds. The lowest BCUT2D eigenvalue weighted by molar-refractivity contribution is -0.138. The van der Waals surface area contributed by atoms with Gasteiger partial charge in [0, 0.05) is 36.3 Å². The summed E-state index contributed by atoms with van der Waals surface area (Å²) in [5, 5.41) is 2.96. The summed E-state index contributed by atoms with van der Waals surface area (Å²) in [4.78, 5) is 26.4. The van der Waals surface area contributed by atoms with Gasteiger partial charge >= 0.3 is 12.3 Å². The highest BCUT2D eigenvalue weighted by atomic mass is 35.5. The van der Waals surface area contributed by atoms with Crippen molar-refractivity contribution in [3.63, 3.8) is 0 Å². The van der Waals surface area contributed by atoms with E-state index in [1.54, 1.807) is 23.1 Å². The van der Waals surface area contributed by atoms with Crippen molar-refractivity contribution in [1.82, 2.24) is 14.5 Å². The Morgan fingerprint density at radius 2 is 1.95 bits per heavy atom. The highest BCUT2D eigenvalue weighted by Gasteiger charge is 2.36. The zero-order chi connectivity index (χ0) is 27.4. The molecule has 0 radical (unpaired) electrons. The van der Waals surface area contributed by atoms with Crippen molar-refractivity contribution >= 4 is 33.6 Å². The molecule has 2 aromatic rings. The van der Waals surface area contributed by atoms with Gasteiger partial charge in [-0.3, -0.25) is 9.69 Å². The van der Waals surface area contributed by atoms with Crippen molar-refractivity contribution in [3.05, 3.63) is 69.7 Å². The summed E-state index contributed by atoms with van der Waals surface area (Å²) >= 11 is 5.96. The van der Waals surface area contributed by atoms with Crippen molar-refractivity contribution < 1.29 is 35.9 Å². The predicted molar refractivity (Wildman–Crippen MR) is 131 cm³/mol. The number of methoxy groups -OCH3 is 1. The molecule has 1 unspecified atom stereocenters. The summed E-state index contributed by atoms with van der Waals surface area (Å²) in [6.07, 6.45) is -4.85. The number of likely N-dealkylation sites (tertiary alicyclic amines) is 1. The number of carbonyl (C=O) groups excluding carboxylic acids is 2. The molecule has 1 fully saturated rings. The minimum absolute atomic E-state index is 0.0671. The van der Waals surface area contributed by atoms with Crippen molar-refractivity contribution in [2.45, 2.75) is 38.7 Å². The molecule has 8 nitrogen and oxygen atoms in total. The van der Waals surface area contributed by atoms with Gasteiger partial charge < -0.3 is 10.1 Å². The molecule has 0 aromatic heterocycles. The van der Waals surface area contributed by atoms with E-state index in [-0.39, 0.29) is 24.7 Å². The molecule has 202 valence electrons. The van der Waals surface area contributed by atoms with Crippen LogP contribution in [-0.2, 0) is 34.0 Å². The van der Waals surface area contributed by atoms with Gasteiger partial charge in [0.05, 0.1) is 25.0 Å². The molecule has 1 aliphatic rings. The SMILES string of the molecule is CCS(=O)(=O)N(Cc1cccc(Cl)c1)C(=O)c1ccc(CN2CCC(NC(=O)OC)C2)c(C(F)(F)F)c1. The Kier molecular flexibility index (Phi) is 9.09. The number of alkyl halides is 3. The zero-order valence-electron chi connectivity index (χ0n) is 20.2. The smallest absolute Gasteiger partial charge is 0.416 e. The molecule has 0 spiro atoms. The van der Waals surface area contributed by atoms with Crippen LogP contribution in [0.15, 0.2) is 42.5 Å². The summed E-state index contributed by atoms with van der Waals surface area (Å²) in [6.45, 7) is 1.68. The third-order valence-corrected chi connectivity index (χ3v) is 7.91. The number of halogens is 4. The fourth-order valence-corrected chi connectivity index (χ4v) is 5.30. The lowest BCUT2D eigenvalue weighted by Crippen LogP contribution is -2.37. The first-order chi connectivity index (χ1) is 17.3. The fraction of sp³-hybridized carbons (Fsp3) is 0.417. The van der Waals surface area contributed by atoms with Crippen LogP contribution in [-0.4, -0.2) is 61.6 Å². The summed E-state index contributed by atoms with van der Waals surface area (Å²) < 4.78 is 72.6. The number of ether oxygens (including phenoxy) is 1. The quantitative estimate of drug-likeness (QED) is 0.517. The minimum atomic E-state index is -4.78. The highest BCUT2D eigenvalue weighted by Crippen LogP contribution is 2.34. The van der Waals surface area contributed by atoms with Gasteiger partial charge in [-0.2, -0.15) is 13.2 Å². The Bertz CT molecular complexity index is 1260. The maximum Gasteiger partial charge on any atom is 0.416 e. The lowest BCUT2D eigenvalue weighted by Gasteiger charge is -2.24. The molecule has 13 heteroatoms. The third kappa shape index (κ3) is 7.36. The highest BCUT2D eigenvalue weighted by molar-refractivity contribution is 7.89. The Morgan fingerprint density at radius 3 is 2.57 bits per heavy atom. The van der Waals surface area contributed by atoms with Crippen LogP contribution in [0.25, 0.3) is 0 Å². The average Bonchev–Trinajstić information content (AvgIpc) is 3.28. The van der Waals surface area contributed by atoms with Crippen molar-refractivity contribution in [1.29, 1.82) is 0 Å². The number of hydrogen-bond donors (Lipinski definition) is 1. The number of benzene rings is 2. The maximum absolute atomic E-state index is 14.0. The number of rotatable bonds is 8. The van der Waals surface area contributed by atoms with E-state index in [1.807, 2.05) is 0 Å². The van der Waals surface area contributed by atoms with Crippen molar-refractivity contribution in [2.24, 2.45) is 0 Å². The van der Waals surface area contributed by atoms with Crippen LogP contribution < -0.4 is 5.32 Å². The van der Waals surface area contributed by atoms with E-state index >= 15 is 0 Å². The molecular formula is C24H27ClF3N3O5S. The second-order valence-corrected chi connectivity index (χ2v) is 11.2. The normalized spacial score (nSPS) is 16.4. The summed E-state index contributed by atoms with van der Waals surface area (Å²) in [5.41, 5.74) is -1.08. The van der Waals surface area contributed by atoms with Crippen molar-refractivity contribution in [2.75, 3.05) is 26.0 Å². The first-order valence-electron chi connectivity index (χ1n) is 11.4. The number of carbonyl (C=O) groups is 2. The summed E-state index contributed by atoms with van der Waals surface area (Å²) in [7, 11) is -2.88. The fourth-order valence-electron chi connectivity index (χ4n) is 4.07. The Hall–Kier alpha value is -2.83. The molecular weight excluding hydrogens is 535 g/mol. The molecule has 0 bridgehead atoms. The van der Waals surface area contributed by atoms with Crippen LogP contribution in [0.2, 0.25) is 5.02 Å². The Labute approximate surface area is 218 Å². The van der Waals surface area contributed by atoms with Gasteiger partial charge in [-0.15, -0.1) is 0 Å². The lowest BCUT2D eigenvalue weighted by atomic mass is 10.0. The largest absolute Gasteiger partial charge is 0.453 e. The van der Waals surface area contributed by atoms with Gasteiger partial charge in [-0.05, 0) is 48.7 Å². The van der Waals surface area contributed by atoms with E-state index in [4.69, 9.17) is 11.6 Å². The average molecular weight is 562 g/mol. The first kappa shape index (κ1) is 28.7. The number of nitrogens with one attached hydrogen (secondary N) is 1. The van der Waals surface area contributed by atoms with E-state index in [1.165, 1.54) is 32.2 Å². The molecule has 1 atom stereocenters. The van der Waals surface area contributed by atoms with Crippen molar-refractivity contribution in [3.8, 4) is 0 Å². The van der Waals surface area contributed by atoms with Crippen LogP contribution >= 0.6 is 11.6 Å². The number of alkyl carbamates (subject to hydrolysis) is 1.